The smallest absolute Gasteiger partial charge is 0.273 e. The minimum Gasteiger partial charge on any atom is -0.350 e. The van der Waals surface area contributed by atoms with Gasteiger partial charge in [0.15, 0.2) is 0 Å². The van der Waals surface area contributed by atoms with Gasteiger partial charge in [0.1, 0.15) is 11.4 Å². The molecular weight excluding hydrogens is 326 g/mol. The largest absolute Gasteiger partial charge is 0.350 e. The van der Waals surface area contributed by atoms with Gasteiger partial charge in [-0.3, -0.25) is 14.8 Å². The number of hydrazone groups is 1. The maximum atomic E-state index is 12.2. The van der Waals surface area contributed by atoms with E-state index >= 15 is 0 Å². The Hall–Kier alpha value is -2.99. The Bertz CT molecular complexity index is 1020. The molecule has 1 aromatic carbocycles. The molecule has 0 bridgehead atoms. The molecule has 118 valence electrons. The van der Waals surface area contributed by atoms with Gasteiger partial charge < -0.3 is 4.57 Å². The molecule has 2 aromatic heterocycles. The van der Waals surface area contributed by atoms with Crippen molar-refractivity contribution in [2.45, 2.75) is 0 Å². The Morgan fingerprint density at radius 2 is 2.17 bits per heavy atom. The van der Waals surface area contributed by atoms with Crippen molar-refractivity contribution in [2.24, 2.45) is 12.1 Å². The summed E-state index contributed by atoms with van der Waals surface area (Å²) >= 11 is 6.36. The number of aryl methyl sites for hydroxylation is 1. The Kier molecular flexibility index (Phi) is 3.39. The predicted octanol–water partition coefficient (Wildman–Crippen LogP) is 2.54. The molecule has 0 atom stereocenters. The fraction of sp³-hybridized carbons (Fsp3) is 0.0588. The van der Waals surface area contributed by atoms with Crippen LogP contribution in [-0.4, -0.2) is 26.2 Å². The maximum Gasteiger partial charge on any atom is 0.273 e. The molecule has 0 unspecified atom stereocenters. The number of nitrogens with zero attached hydrogens (tertiary/aromatic N) is 4. The first-order valence-electron chi connectivity index (χ1n) is 7.25. The number of aromatic nitrogens is 3. The second-order valence-electron chi connectivity index (χ2n) is 5.38. The summed E-state index contributed by atoms with van der Waals surface area (Å²) in [5, 5.41) is 5.61. The van der Waals surface area contributed by atoms with Gasteiger partial charge in [0.05, 0.1) is 16.8 Å². The molecule has 3 aromatic rings. The number of hydrogen-bond donors (Lipinski definition) is 1. The van der Waals surface area contributed by atoms with Crippen LogP contribution in [0.5, 0.6) is 0 Å². The Labute approximate surface area is 142 Å². The third-order valence-electron chi connectivity index (χ3n) is 3.87. The average molecular weight is 338 g/mol. The monoisotopic (exact) mass is 337 g/mol. The summed E-state index contributed by atoms with van der Waals surface area (Å²) in [5.74, 6) is -0.278. The van der Waals surface area contributed by atoms with Crippen molar-refractivity contribution in [1.29, 1.82) is 0 Å². The van der Waals surface area contributed by atoms with E-state index in [0.29, 0.717) is 22.0 Å². The molecule has 0 fully saturated rings. The number of halogens is 1. The molecule has 0 saturated carbocycles. The molecule has 1 N–H and O–H groups in total. The van der Waals surface area contributed by atoms with E-state index in [2.05, 4.69) is 20.5 Å². The van der Waals surface area contributed by atoms with E-state index in [-0.39, 0.29) is 5.91 Å². The molecule has 0 spiro atoms. The van der Waals surface area contributed by atoms with Crippen LogP contribution in [0.25, 0.3) is 17.0 Å². The molecule has 1 aliphatic rings. The summed E-state index contributed by atoms with van der Waals surface area (Å²) in [6.45, 7) is 0. The van der Waals surface area contributed by atoms with Crippen LogP contribution >= 0.6 is 11.6 Å². The van der Waals surface area contributed by atoms with Crippen molar-refractivity contribution in [3.63, 3.8) is 0 Å². The number of hydrogen-bond acceptors (Lipinski definition) is 4. The molecule has 1 amide bonds. The van der Waals surface area contributed by atoms with Crippen LogP contribution in [0.1, 0.15) is 11.3 Å². The Morgan fingerprint density at radius 1 is 1.29 bits per heavy atom. The lowest BCUT2D eigenvalue weighted by molar-refractivity contribution is -0.116. The van der Waals surface area contributed by atoms with Crippen molar-refractivity contribution in [1.82, 2.24) is 20.0 Å². The zero-order chi connectivity index (χ0) is 16.7. The molecular formula is C17H12ClN5O. The number of carbonyl (C=O) groups excluding carboxylic acids is 1. The van der Waals surface area contributed by atoms with Crippen molar-refractivity contribution in [3.05, 3.63) is 64.8 Å². The fourth-order valence-corrected chi connectivity index (χ4v) is 3.06. The molecule has 0 aliphatic carbocycles. The highest BCUT2D eigenvalue weighted by molar-refractivity contribution is 6.37. The van der Waals surface area contributed by atoms with Crippen LogP contribution < -0.4 is 5.43 Å². The predicted molar refractivity (Wildman–Crippen MR) is 92.6 cm³/mol. The number of carbonyl (C=O) groups is 1. The summed E-state index contributed by atoms with van der Waals surface area (Å²) < 4.78 is 1.97. The lowest BCUT2D eigenvalue weighted by atomic mass is 10.0. The lowest BCUT2D eigenvalue weighted by Gasteiger charge is -2.01. The maximum absolute atomic E-state index is 12.2. The zero-order valence-electron chi connectivity index (χ0n) is 12.7. The van der Waals surface area contributed by atoms with Crippen LogP contribution in [0, 0.1) is 0 Å². The van der Waals surface area contributed by atoms with Gasteiger partial charge in [-0.1, -0.05) is 17.7 Å². The normalized spacial score (nSPS) is 15.8. The van der Waals surface area contributed by atoms with Crippen LogP contribution in [0.4, 0.5) is 0 Å². The van der Waals surface area contributed by atoms with E-state index in [9.17, 15) is 4.79 Å². The average Bonchev–Trinajstić information content (AvgIpc) is 3.11. The van der Waals surface area contributed by atoms with E-state index in [0.717, 1.165) is 16.5 Å². The van der Waals surface area contributed by atoms with Gasteiger partial charge in [0.2, 0.25) is 0 Å². The molecule has 24 heavy (non-hydrogen) atoms. The first kappa shape index (κ1) is 14.6. The fourth-order valence-electron chi connectivity index (χ4n) is 2.79. The molecule has 0 saturated heterocycles. The highest BCUT2D eigenvalue weighted by Crippen LogP contribution is 2.30. The van der Waals surface area contributed by atoms with Gasteiger partial charge in [0, 0.05) is 42.1 Å². The molecule has 6 nitrogen and oxygen atoms in total. The van der Waals surface area contributed by atoms with E-state index in [1.807, 2.05) is 36.0 Å². The number of benzene rings is 1. The van der Waals surface area contributed by atoms with E-state index < -0.39 is 0 Å². The standard InChI is InChI=1S/C17H12ClN5O/c1-23-9-10(15-12(18)3-2-4-14(15)23)7-11-16(21-22-17(11)24)13-8-19-5-6-20-13/h2-9H,1H3,(H,22,24)/b11-7-. The highest BCUT2D eigenvalue weighted by Gasteiger charge is 2.25. The summed E-state index contributed by atoms with van der Waals surface area (Å²) in [6, 6.07) is 5.71. The summed E-state index contributed by atoms with van der Waals surface area (Å²) in [6.07, 6.45) is 8.42. The first-order chi connectivity index (χ1) is 11.6. The molecule has 7 heteroatoms. The zero-order valence-corrected chi connectivity index (χ0v) is 13.4. The third kappa shape index (κ3) is 2.28. The first-order valence-corrected chi connectivity index (χ1v) is 7.63. The Morgan fingerprint density at radius 3 is 2.96 bits per heavy atom. The minimum atomic E-state index is -0.278. The second kappa shape index (κ2) is 5.58. The van der Waals surface area contributed by atoms with E-state index in [1.165, 1.54) is 0 Å². The van der Waals surface area contributed by atoms with Crippen molar-refractivity contribution < 1.29 is 4.79 Å². The van der Waals surface area contributed by atoms with Crippen molar-refractivity contribution >= 4 is 40.2 Å². The van der Waals surface area contributed by atoms with Gasteiger partial charge in [-0.2, -0.15) is 5.10 Å². The van der Waals surface area contributed by atoms with Crippen LogP contribution in [0.2, 0.25) is 5.02 Å². The molecule has 3 heterocycles. The summed E-state index contributed by atoms with van der Waals surface area (Å²) in [7, 11) is 1.94. The third-order valence-corrected chi connectivity index (χ3v) is 4.18. The topological polar surface area (TPSA) is 72.2 Å². The minimum absolute atomic E-state index is 0.278. The van der Waals surface area contributed by atoms with E-state index in [1.54, 1.807) is 24.7 Å². The van der Waals surface area contributed by atoms with Crippen LogP contribution in [0.3, 0.4) is 0 Å². The number of nitrogens with one attached hydrogen (secondary N) is 1. The van der Waals surface area contributed by atoms with Gasteiger partial charge in [-0.25, -0.2) is 5.43 Å². The summed E-state index contributed by atoms with van der Waals surface area (Å²) in [5.41, 5.74) is 5.76. The van der Waals surface area contributed by atoms with Crippen molar-refractivity contribution in [3.8, 4) is 0 Å². The van der Waals surface area contributed by atoms with Crippen molar-refractivity contribution in [2.75, 3.05) is 0 Å². The van der Waals surface area contributed by atoms with Crippen LogP contribution in [0.15, 0.2) is 53.7 Å². The van der Waals surface area contributed by atoms with Gasteiger partial charge in [-0.15, -0.1) is 0 Å². The molecule has 1 aliphatic heterocycles. The SMILES string of the molecule is Cn1cc(/C=C2\C(=O)NN=C2c2cnccn2)c2c(Cl)cccc21. The quantitative estimate of drug-likeness (QED) is 0.730. The highest BCUT2D eigenvalue weighted by atomic mass is 35.5. The van der Waals surface area contributed by atoms with Gasteiger partial charge in [0.25, 0.3) is 5.91 Å². The van der Waals surface area contributed by atoms with E-state index in [4.69, 9.17) is 11.6 Å². The molecule has 0 radical (unpaired) electrons. The number of amides is 1. The lowest BCUT2D eigenvalue weighted by Crippen LogP contribution is -2.14. The van der Waals surface area contributed by atoms with Crippen LogP contribution in [-0.2, 0) is 11.8 Å². The summed E-state index contributed by atoms with van der Waals surface area (Å²) in [4.78, 5) is 20.5. The van der Waals surface area contributed by atoms with Gasteiger partial charge >= 0.3 is 0 Å². The second-order valence-corrected chi connectivity index (χ2v) is 5.79. The Balaban J connectivity index is 1.89. The van der Waals surface area contributed by atoms with Gasteiger partial charge in [-0.05, 0) is 18.2 Å². The number of fused-ring (bicyclic) bond motifs is 1. The molecule has 4 rings (SSSR count). The number of rotatable bonds is 2.